The third-order valence-corrected chi connectivity index (χ3v) is 5.07. The molecule has 3 rings (SSSR count). The van der Waals surface area contributed by atoms with Crippen LogP contribution in [0.5, 0.6) is 5.75 Å². The van der Waals surface area contributed by atoms with E-state index in [9.17, 15) is 9.59 Å². The van der Waals surface area contributed by atoms with Crippen LogP contribution in [0.1, 0.15) is 24.5 Å². The fourth-order valence-electron chi connectivity index (χ4n) is 3.68. The molecule has 0 aromatic heterocycles. The third-order valence-electron chi connectivity index (χ3n) is 5.07. The molecule has 154 valence electrons. The molecule has 2 amide bonds. The first-order valence-electron chi connectivity index (χ1n) is 10.1. The molecule has 6 heteroatoms. The van der Waals surface area contributed by atoms with Gasteiger partial charge in [-0.25, -0.2) is 0 Å². The van der Waals surface area contributed by atoms with Crippen molar-refractivity contribution in [1.82, 2.24) is 5.32 Å². The molecule has 6 nitrogen and oxygen atoms in total. The van der Waals surface area contributed by atoms with Crippen LogP contribution in [-0.4, -0.2) is 39.1 Å². The van der Waals surface area contributed by atoms with Gasteiger partial charge in [0.05, 0.1) is 32.3 Å². The van der Waals surface area contributed by atoms with Crippen molar-refractivity contribution in [1.29, 1.82) is 0 Å². The third kappa shape index (κ3) is 5.15. The molecule has 0 bridgehead atoms. The van der Waals surface area contributed by atoms with Crippen LogP contribution >= 0.6 is 0 Å². The zero-order chi connectivity index (χ0) is 20.8. The zero-order valence-electron chi connectivity index (χ0n) is 17.4. The summed E-state index contributed by atoms with van der Waals surface area (Å²) in [6.07, 6.45) is 0.218. The van der Waals surface area contributed by atoms with Gasteiger partial charge in [-0.3, -0.25) is 9.59 Å². The van der Waals surface area contributed by atoms with Gasteiger partial charge in [-0.1, -0.05) is 36.4 Å². The number of nitrogens with one attached hydrogen (secondary N) is 2. The molecule has 29 heavy (non-hydrogen) atoms. The molecule has 2 N–H and O–H groups in total. The highest BCUT2D eigenvalue weighted by Gasteiger charge is 2.36. The number of hydrogen-bond acceptors (Lipinski definition) is 3. The van der Waals surface area contributed by atoms with Crippen LogP contribution in [0, 0.1) is 5.92 Å². The molecular formula is C23H30N3O3+. The van der Waals surface area contributed by atoms with Crippen LogP contribution in [0.25, 0.3) is 0 Å². The lowest BCUT2D eigenvalue weighted by atomic mass is 10.1. The van der Waals surface area contributed by atoms with E-state index in [1.807, 2.05) is 49.4 Å². The van der Waals surface area contributed by atoms with Gasteiger partial charge >= 0.3 is 0 Å². The summed E-state index contributed by atoms with van der Waals surface area (Å²) in [7, 11) is 4.21. The number of nitrogens with zero attached hydrogens (tertiary/aromatic N) is 1. The first kappa shape index (κ1) is 20.9. The molecule has 0 saturated carbocycles. The Kier molecular flexibility index (Phi) is 6.88. The fourth-order valence-corrected chi connectivity index (χ4v) is 3.68. The molecule has 0 radical (unpaired) electrons. The van der Waals surface area contributed by atoms with Crippen LogP contribution in [0.2, 0.25) is 0 Å². The Morgan fingerprint density at radius 3 is 2.55 bits per heavy atom. The smallest absolute Gasteiger partial charge is 0.227 e. The number of quaternary nitrogens is 1. The second-order valence-corrected chi connectivity index (χ2v) is 7.68. The Morgan fingerprint density at radius 1 is 1.14 bits per heavy atom. The van der Waals surface area contributed by atoms with Crippen molar-refractivity contribution < 1.29 is 19.2 Å². The van der Waals surface area contributed by atoms with E-state index in [1.165, 1.54) is 10.5 Å². The van der Waals surface area contributed by atoms with Crippen molar-refractivity contribution in [3.63, 3.8) is 0 Å². The fraction of sp³-hybridized carbons (Fsp3) is 0.391. The number of carbonyl (C=O) groups is 2. The summed E-state index contributed by atoms with van der Waals surface area (Å²) in [5, 5.41) is 3.03. The van der Waals surface area contributed by atoms with Gasteiger partial charge < -0.3 is 19.9 Å². The van der Waals surface area contributed by atoms with E-state index in [4.69, 9.17) is 4.74 Å². The van der Waals surface area contributed by atoms with E-state index in [2.05, 4.69) is 25.5 Å². The van der Waals surface area contributed by atoms with Gasteiger partial charge in [0.1, 0.15) is 12.3 Å². The second kappa shape index (κ2) is 9.56. The van der Waals surface area contributed by atoms with Crippen molar-refractivity contribution in [3.05, 3.63) is 59.7 Å². The number of para-hydroxylation sites is 2. The predicted octanol–water partition coefficient (Wildman–Crippen LogP) is 1.40. The number of hydrogen-bond donors (Lipinski definition) is 2. The lowest BCUT2D eigenvalue weighted by Crippen LogP contribution is -3.04. The molecular weight excluding hydrogens is 366 g/mol. The zero-order valence-corrected chi connectivity index (χ0v) is 17.4. The molecule has 1 fully saturated rings. The minimum atomic E-state index is -0.358. The van der Waals surface area contributed by atoms with Crippen molar-refractivity contribution in [2.75, 3.05) is 32.1 Å². The summed E-state index contributed by atoms with van der Waals surface area (Å²) in [5.74, 6) is 0.184. The lowest BCUT2D eigenvalue weighted by Gasteiger charge is -2.20. The summed E-state index contributed by atoms with van der Waals surface area (Å²) in [6, 6.07) is 15.6. The van der Waals surface area contributed by atoms with Crippen molar-refractivity contribution in [3.8, 4) is 5.75 Å². The maximum Gasteiger partial charge on any atom is 0.227 e. The maximum absolute atomic E-state index is 12.8. The van der Waals surface area contributed by atoms with E-state index in [0.717, 1.165) is 17.8 Å². The lowest BCUT2D eigenvalue weighted by molar-refractivity contribution is -0.872. The van der Waals surface area contributed by atoms with E-state index in [-0.39, 0.29) is 24.2 Å². The second-order valence-electron chi connectivity index (χ2n) is 7.68. The molecule has 1 atom stereocenters. The van der Waals surface area contributed by atoms with E-state index < -0.39 is 0 Å². The van der Waals surface area contributed by atoms with E-state index in [0.29, 0.717) is 25.4 Å². The van der Waals surface area contributed by atoms with Crippen LogP contribution in [0.3, 0.4) is 0 Å². The summed E-state index contributed by atoms with van der Waals surface area (Å²) >= 11 is 0. The number of anilines is 1. The monoisotopic (exact) mass is 396 g/mol. The first-order chi connectivity index (χ1) is 14.0. The Bertz CT molecular complexity index is 866. The topological polar surface area (TPSA) is 63.1 Å². The molecule has 1 saturated heterocycles. The normalized spacial score (nSPS) is 16.3. The minimum absolute atomic E-state index is 0.0473. The Labute approximate surface area is 172 Å². The number of rotatable bonds is 8. The van der Waals surface area contributed by atoms with Crippen LogP contribution in [0.15, 0.2) is 48.5 Å². The van der Waals surface area contributed by atoms with Gasteiger partial charge in [0.2, 0.25) is 11.8 Å². The van der Waals surface area contributed by atoms with Crippen LogP contribution < -0.4 is 19.9 Å². The Balaban J connectivity index is 1.65. The van der Waals surface area contributed by atoms with Crippen molar-refractivity contribution in [2.45, 2.75) is 26.4 Å². The largest absolute Gasteiger partial charge is 0.492 e. The van der Waals surface area contributed by atoms with Gasteiger partial charge in [0, 0.05) is 25.1 Å². The number of ether oxygens (including phenoxy) is 1. The average Bonchev–Trinajstić information content (AvgIpc) is 3.09. The number of amides is 2. The highest BCUT2D eigenvalue weighted by molar-refractivity contribution is 6.01. The Hall–Kier alpha value is -2.86. The van der Waals surface area contributed by atoms with Crippen molar-refractivity contribution >= 4 is 17.5 Å². The quantitative estimate of drug-likeness (QED) is 0.709. The maximum atomic E-state index is 12.8. The van der Waals surface area contributed by atoms with E-state index in [1.54, 1.807) is 4.90 Å². The molecule has 1 heterocycles. The van der Waals surface area contributed by atoms with Crippen LogP contribution in [0.4, 0.5) is 5.69 Å². The predicted molar refractivity (Wildman–Crippen MR) is 113 cm³/mol. The highest BCUT2D eigenvalue weighted by Crippen LogP contribution is 2.33. The number of carbonyl (C=O) groups excluding carboxylic acids is 2. The van der Waals surface area contributed by atoms with Gasteiger partial charge in [-0.15, -0.1) is 0 Å². The number of benzene rings is 2. The highest BCUT2D eigenvalue weighted by atomic mass is 16.5. The van der Waals surface area contributed by atoms with Crippen LogP contribution in [-0.2, 0) is 22.7 Å². The van der Waals surface area contributed by atoms with Crippen molar-refractivity contribution in [2.24, 2.45) is 5.92 Å². The molecule has 1 aliphatic rings. The summed E-state index contributed by atoms with van der Waals surface area (Å²) in [4.78, 5) is 28.3. The van der Waals surface area contributed by atoms with Gasteiger partial charge in [0.15, 0.2) is 0 Å². The molecule has 0 aliphatic carbocycles. The molecule has 1 aliphatic heterocycles. The SMILES string of the molecule is CCOc1ccccc1N1C[C@@H](C(=O)NCc2ccccc2C[NH+](C)C)CC1=O. The summed E-state index contributed by atoms with van der Waals surface area (Å²) in [6.45, 7) is 4.18. The van der Waals surface area contributed by atoms with Gasteiger partial charge in [-0.05, 0) is 24.6 Å². The molecule has 2 aromatic carbocycles. The van der Waals surface area contributed by atoms with Gasteiger partial charge in [0.25, 0.3) is 0 Å². The standard InChI is InChI=1S/C23H29N3O3/c1-4-29-21-12-8-7-11-20(21)26-16-19(13-22(26)27)23(28)24-14-17-9-5-6-10-18(17)15-25(2)3/h5-12,19H,4,13-16H2,1-3H3,(H,24,28)/p+1/t19-/m0/s1. The Morgan fingerprint density at radius 2 is 1.83 bits per heavy atom. The first-order valence-corrected chi connectivity index (χ1v) is 10.1. The average molecular weight is 397 g/mol. The molecule has 0 unspecified atom stereocenters. The van der Waals surface area contributed by atoms with Gasteiger partial charge in [-0.2, -0.15) is 0 Å². The minimum Gasteiger partial charge on any atom is -0.492 e. The van der Waals surface area contributed by atoms with E-state index >= 15 is 0 Å². The summed E-state index contributed by atoms with van der Waals surface area (Å²) in [5.41, 5.74) is 3.07. The summed E-state index contributed by atoms with van der Waals surface area (Å²) < 4.78 is 5.65. The molecule has 0 spiro atoms. The molecule has 2 aromatic rings.